The lowest BCUT2D eigenvalue weighted by atomic mass is 10.0. The molecule has 2 aromatic rings. The lowest BCUT2D eigenvalue weighted by Crippen LogP contribution is -2.04. The molecule has 80 valence electrons. The zero-order valence-electron chi connectivity index (χ0n) is 8.68. The molecular weight excluding hydrogens is 218 g/mol. The summed E-state index contributed by atoms with van der Waals surface area (Å²) < 4.78 is 0. The molecule has 0 atom stereocenters. The highest BCUT2D eigenvalue weighted by molar-refractivity contribution is 7.10. The van der Waals surface area contributed by atoms with Crippen LogP contribution in [-0.2, 0) is 12.8 Å². The van der Waals surface area contributed by atoms with Crippen LogP contribution in [0.1, 0.15) is 21.6 Å². The van der Waals surface area contributed by atoms with Crippen molar-refractivity contribution in [1.29, 1.82) is 0 Å². The van der Waals surface area contributed by atoms with Crippen molar-refractivity contribution in [3.63, 3.8) is 0 Å². The summed E-state index contributed by atoms with van der Waals surface area (Å²) in [7, 11) is 0. The van der Waals surface area contributed by atoms with Crippen molar-refractivity contribution in [1.82, 2.24) is 0 Å². The second-order valence-corrected chi connectivity index (χ2v) is 4.86. The van der Waals surface area contributed by atoms with Crippen LogP contribution < -0.4 is 0 Å². The molecule has 0 unspecified atom stereocenters. The van der Waals surface area contributed by atoms with Gasteiger partial charge < -0.3 is 5.21 Å². The molecule has 1 aromatic heterocycles. The first kappa shape index (κ1) is 9.60. The maximum Gasteiger partial charge on any atom is 0.118 e. The van der Waals surface area contributed by atoms with Gasteiger partial charge in [-0.15, -0.1) is 11.3 Å². The predicted molar refractivity (Wildman–Crippen MR) is 65.6 cm³/mol. The average Bonchev–Trinajstić information content (AvgIpc) is 2.72. The van der Waals surface area contributed by atoms with E-state index < -0.39 is 0 Å². The van der Waals surface area contributed by atoms with E-state index in [1.165, 1.54) is 10.4 Å². The quantitative estimate of drug-likeness (QED) is 0.546. The fourth-order valence-corrected chi connectivity index (χ4v) is 3.10. The van der Waals surface area contributed by atoms with Gasteiger partial charge in [-0.05, 0) is 29.9 Å². The average molecular weight is 229 g/mol. The van der Waals surface area contributed by atoms with Crippen LogP contribution in [0.5, 0.6) is 0 Å². The molecule has 1 aromatic carbocycles. The molecule has 1 aliphatic rings. The highest BCUT2D eigenvalue weighted by Crippen LogP contribution is 2.28. The van der Waals surface area contributed by atoms with E-state index in [9.17, 15) is 5.21 Å². The van der Waals surface area contributed by atoms with E-state index in [-0.39, 0.29) is 0 Å². The van der Waals surface area contributed by atoms with Gasteiger partial charge in [-0.1, -0.05) is 29.4 Å². The Morgan fingerprint density at radius 1 is 1.06 bits per heavy atom. The van der Waals surface area contributed by atoms with E-state index >= 15 is 0 Å². The van der Waals surface area contributed by atoms with Crippen LogP contribution in [0.15, 0.2) is 40.9 Å². The highest BCUT2D eigenvalue weighted by Gasteiger charge is 2.20. The maximum absolute atomic E-state index is 9.22. The molecule has 0 saturated carbocycles. The molecule has 0 fully saturated rings. The van der Waals surface area contributed by atoms with Crippen LogP contribution >= 0.6 is 11.3 Å². The molecule has 0 spiro atoms. The molecule has 3 heteroatoms. The van der Waals surface area contributed by atoms with Crippen LogP contribution in [0, 0.1) is 0 Å². The Kier molecular flexibility index (Phi) is 2.26. The van der Waals surface area contributed by atoms with Gasteiger partial charge in [0.15, 0.2) is 0 Å². The summed E-state index contributed by atoms with van der Waals surface area (Å²) in [5.74, 6) is 0. The minimum Gasteiger partial charge on any atom is -0.410 e. The van der Waals surface area contributed by atoms with Crippen molar-refractivity contribution in [3.8, 4) is 0 Å². The largest absolute Gasteiger partial charge is 0.410 e. The topological polar surface area (TPSA) is 32.6 Å². The molecule has 0 aliphatic heterocycles. The summed E-state index contributed by atoms with van der Waals surface area (Å²) in [5, 5.41) is 14.8. The van der Waals surface area contributed by atoms with Crippen LogP contribution in [-0.4, -0.2) is 10.9 Å². The maximum atomic E-state index is 9.22. The first-order valence-electron chi connectivity index (χ1n) is 5.27. The molecule has 2 nitrogen and oxygen atoms in total. The Balaban J connectivity index is 2.26. The third kappa shape index (κ3) is 1.36. The highest BCUT2D eigenvalue weighted by atomic mass is 32.1. The normalized spacial score (nSPS) is 16.6. The molecule has 1 N–H and O–H groups in total. The number of fused-ring (bicyclic) bond motifs is 2. The molecule has 0 radical (unpaired) electrons. The summed E-state index contributed by atoms with van der Waals surface area (Å²) in [6, 6.07) is 10.2. The van der Waals surface area contributed by atoms with Gasteiger partial charge in [0.25, 0.3) is 0 Å². The van der Waals surface area contributed by atoms with Crippen molar-refractivity contribution in [3.05, 3.63) is 57.3 Å². The van der Waals surface area contributed by atoms with E-state index in [0.29, 0.717) is 5.71 Å². The predicted octanol–water partition coefficient (Wildman–Crippen LogP) is 3.07. The number of hydrogen-bond donors (Lipinski definition) is 1. The number of hydrogen-bond acceptors (Lipinski definition) is 3. The molecule has 1 heterocycles. The SMILES string of the molecule is ON=C1c2ccccc2CCc2sccc21. The van der Waals surface area contributed by atoms with Crippen molar-refractivity contribution in [2.75, 3.05) is 0 Å². The molecular formula is C13H11NOS. The minimum absolute atomic E-state index is 0.712. The minimum atomic E-state index is 0.712. The molecule has 1 aliphatic carbocycles. The van der Waals surface area contributed by atoms with E-state index in [0.717, 1.165) is 24.0 Å². The van der Waals surface area contributed by atoms with Gasteiger partial charge >= 0.3 is 0 Å². The Morgan fingerprint density at radius 2 is 1.94 bits per heavy atom. The first-order chi connectivity index (χ1) is 7.90. The van der Waals surface area contributed by atoms with Crippen molar-refractivity contribution in [2.45, 2.75) is 12.8 Å². The molecule has 0 bridgehead atoms. The lowest BCUT2D eigenvalue weighted by molar-refractivity contribution is 0.319. The van der Waals surface area contributed by atoms with Crippen LogP contribution in [0.2, 0.25) is 0 Å². The standard InChI is InChI=1S/C13H11NOS/c15-14-13-10-4-2-1-3-9(10)5-6-12-11(13)7-8-16-12/h1-4,7-8,15H,5-6H2. The summed E-state index contributed by atoms with van der Waals surface area (Å²) in [6.07, 6.45) is 2.05. The molecule has 0 saturated heterocycles. The van der Waals surface area contributed by atoms with Gasteiger partial charge in [0.2, 0.25) is 0 Å². The van der Waals surface area contributed by atoms with Gasteiger partial charge in [-0.3, -0.25) is 0 Å². The number of rotatable bonds is 0. The van der Waals surface area contributed by atoms with E-state index in [4.69, 9.17) is 0 Å². The zero-order valence-corrected chi connectivity index (χ0v) is 9.50. The van der Waals surface area contributed by atoms with Crippen molar-refractivity contribution in [2.24, 2.45) is 5.16 Å². The summed E-state index contributed by atoms with van der Waals surface area (Å²) in [4.78, 5) is 1.31. The smallest absolute Gasteiger partial charge is 0.118 e. The Bertz CT molecular complexity index is 557. The third-order valence-electron chi connectivity index (χ3n) is 2.99. The summed E-state index contributed by atoms with van der Waals surface area (Å²) in [6.45, 7) is 0. The van der Waals surface area contributed by atoms with E-state index in [2.05, 4.69) is 16.6 Å². The number of thiophene rings is 1. The molecule has 16 heavy (non-hydrogen) atoms. The van der Waals surface area contributed by atoms with Crippen LogP contribution in [0.3, 0.4) is 0 Å². The number of nitrogens with zero attached hydrogens (tertiary/aromatic N) is 1. The van der Waals surface area contributed by atoms with Crippen LogP contribution in [0.4, 0.5) is 0 Å². The number of benzene rings is 1. The fraction of sp³-hybridized carbons (Fsp3) is 0.154. The van der Waals surface area contributed by atoms with Gasteiger partial charge in [-0.25, -0.2) is 0 Å². The van der Waals surface area contributed by atoms with Gasteiger partial charge in [0.05, 0.1) is 0 Å². The van der Waals surface area contributed by atoms with Gasteiger partial charge in [-0.2, -0.15) is 0 Å². The Labute approximate surface area is 97.9 Å². The molecule has 0 amide bonds. The first-order valence-corrected chi connectivity index (χ1v) is 6.15. The second kappa shape index (κ2) is 3.76. The van der Waals surface area contributed by atoms with E-state index in [1.807, 2.05) is 24.3 Å². The van der Waals surface area contributed by atoms with Crippen molar-refractivity contribution >= 4 is 17.0 Å². The van der Waals surface area contributed by atoms with Gasteiger partial charge in [0.1, 0.15) is 5.71 Å². The van der Waals surface area contributed by atoms with E-state index in [1.54, 1.807) is 11.3 Å². The van der Waals surface area contributed by atoms with Crippen LogP contribution in [0.25, 0.3) is 0 Å². The monoisotopic (exact) mass is 229 g/mol. The molecule has 3 rings (SSSR count). The second-order valence-electron chi connectivity index (χ2n) is 3.86. The third-order valence-corrected chi connectivity index (χ3v) is 3.98. The van der Waals surface area contributed by atoms with Crippen molar-refractivity contribution < 1.29 is 5.21 Å². The number of aryl methyl sites for hydroxylation is 2. The Hall–Kier alpha value is -1.61. The van der Waals surface area contributed by atoms with Gasteiger partial charge in [0, 0.05) is 16.0 Å². The lowest BCUT2D eigenvalue weighted by Gasteiger charge is -2.05. The zero-order chi connectivity index (χ0) is 11.0. The fourth-order valence-electron chi connectivity index (χ4n) is 2.22. The number of oxime groups is 1. The summed E-state index contributed by atoms with van der Waals surface area (Å²) in [5.41, 5.74) is 4.11. The summed E-state index contributed by atoms with van der Waals surface area (Å²) >= 11 is 1.74. The Morgan fingerprint density at radius 3 is 2.81 bits per heavy atom.